The van der Waals surface area contributed by atoms with Gasteiger partial charge in [0.05, 0.1) is 11.3 Å². The second-order valence-electron chi connectivity index (χ2n) is 10.8. The first-order chi connectivity index (χ1) is 18.9. The van der Waals surface area contributed by atoms with E-state index in [0.717, 1.165) is 69.4 Å². The zero-order chi connectivity index (χ0) is 27.1. The smallest absolute Gasteiger partial charge is 0.257 e. The van der Waals surface area contributed by atoms with Gasteiger partial charge >= 0.3 is 0 Å². The van der Waals surface area contributed by atoms with Crippen LogP contribution in [0.25, 0.3) is 11.4 Å². The van der Waals surface area contributed by atoms with E-state index in [-0.39, 0.29) is 23.2 Å². The Balaban J connectivity index is 1.29. The minimum atomic E-state index is -0.968. The summed E-state index contributed by atoms with van der Waals surface area (Å²) >= 11 is 0. The van der Waals surface area contributed by atoms with Gasteiger partial charge in [-0.25, -0.2) is 13.2 Å². The van der Waals surface area contributed by atoms with E-state index in [2.05, 4.69) is 15.5 Å². The first kappa shape index (κ1) is 25.6. The van der Waals surface area contributed by atoms with Gasteiger partial charge in [0.2, 0.25) is 5.91 Å². The Morgan fingerprint density at radius 3 is 2.59 bits per heavy atom. The average Bonchev–Trinajstić information content (AvgIpc) is 3.43. The summed E-state index contributed by atoms with van der Waals surface area (Å²) in [4.78, 5) is 28.6. The van der Waals surface area contributed by atoms with E-state index in [1.807, 2.05) is 4.57 Å². The van der Waals surface area contributed by atoms with Crippen molar-refractivity contribution < 1.29 is 22.8 Å². The Hall–Kier alpha value is -3.69. The molecule has 1 aliphatic carbocycles. The van der Waals surface area contributed by atoms with Crippen molar-refractivity contribution in [3.8, 4) is 11.4 Å². The van der Waals surface area contributed by atoms with Crippen LogP contribution in [0.4, 0.5) is 18.9 Å². The number of likely N-dealkylation sites (tertiary alicyclic amines) is 1. The Morgan fingerprint density at radius 1 is 0.897 bits per heavy atom. The molecule has 1 N–H and O–H groups in total. The van der Waals surface area contributed by atoms with Crippen molar-refractivity contribution in [2.75, 3.05) is 5.32 Å². The Labute approximate surface area is 224 Å². The summed E-state index contributed by atoms with van der Waals surface area (Å²) < 4.78 is 45.1. The van der Waals surface area contributed by atoms with Gasteiger partial charge in [-0.05, 0) is 68.4 Å². The zero-order valence-electron chi connectivity index (χ0n) is 21.5. The van der Waals surface area contributed by atoms with Crippen LogP contribution in [0.2, 0.25) is 0 Å². The number of rotatable bonds is 4. The van der Waals surface area contributed by atoms with Crippen molar-refractivity contribution in [1.82, 2.24) is 19.7 Å². The molecule has 2 aromatic carbocycles. The number of nitrogens with zero attached hydrogens (tertiary/aromatic N) is 4. The van der Waals surface area contributed by atoms with Crippen LogP contribution in [-0.4, -0.2) is 43.6 Å². The Morgan fingerprint density at radius 2 is 1.74 bits per heavy atom. The maximum Gasteiger partial charge on any atom is 0.257 e. The quantitative estimate of drug-likeness (QED) is 0.477. The number of anilines is 1. The molecule has 3 heterocycles. The molecule has 0 unspecified atom stereocenters. The van der Waals surface area contributed by atoms with Gasteiger partial charge in [-0.3, -0.25) is 9.59 Å². The number of amides is 2. The maximum absolute atomic E-state index is 14.9. The molecular weight excluding hydrogens is 507 g/mol. The van der Waals surface area contributed by atoms with Crippen molar-refractivity contribution in [2.24, 2.45) is 5.92 Å². The van der Waals surface area contributed by atoms with Gasteiger partial charge in [0, 0.05) is 30.6 Å². The van der Waals surface area contributed by atoms with Gasteiger partial charge in [-0.2, -0.15) is 0 Å². The summed E-state index contributed by atoms with van der Waals surface area (Å²) in [6, 6.07) is 6.14. The number of carbonyl (C=O) groups excluding carboxylic acids is 2. The summed E-state index contributed by atoms with van der Waals surface area (Å²) in [6.45, 7) is 0.776. The standard InChI is InChI=1S/C29H30F3N5O2/c30-19-10-11-20(22(32)16-19)29(39)37-24-7-4-3-6-17(24)15-25(37)28(38)33-23-14-18(9-12-21(23)31)27-35-34-26-8-2-1-5-13-36(26)27/h9-12,14,16-17,24-25H,1-8,13,15H2,(H,33,38)/t17-,24-,25-/m0/s1. The first-order valence-corrected chi connectivity index (χ1v) is 13.7. The number of hydrogen-bond acceptors (Lipinski definition) is 4. The number of nitrogens with one attached hydrogen (secondary N) is 1. The number of fused-ring (bicyclic) bond motifs is 2. The highest BCUT2D eigenvalue weighted by Crippen LogP contribution is 2.41. The molecule has 2 amide bonds. The average molecular weight is 538 g/mol. The van der Waals surface area contributed by atoms with Crippen molar-refractivity contribution in [3.63, 3.8) is 0 Å². The van der Waals surface area contributed by atoms with E-state index >= 15 is 0 Å². The lowest BCUT2D eigenvalue weighted by molar-refractivity contribution is -0.120. The lowest BCUT2D eigenvalue weighted by atomic mass is 9.84. The molecular formula is C29H30F3N5O2. The van der Waals surface area contributed by atoms with Crippen molar-refractivity contribution in [2.45, 2.75) is 76.4 Å². The molecule has 1 saturated heterocycles. The number of carbonyl (C=O) groups is 2. The van der Waals surface area contributed by atoms with Crippen LogP contribution >= 0.6 is 0 Å². The predicted molar refractivity (Wildman–Crippen MR) is 138 cm³/mol. The van der Waals surface area contributed by atoms with Crippen molar-refractivity contribution >= 4 is 17.5 Å². The van der Waals surface area contributed by atoms with E-state index in [9.17, 15) is 22.8 Å². The van der Waals surface area contributed by atoms with Crippen molar-refractivity contribution in [3.05, 3.63) is 65.2 Å². The van der Waals surface area contributed by atoms with Gasteiger partial charge < -0.3 is 14.8 Å². The Bertz CT molecular complexity index is 1420. The minimum absolute atomic E-state index is 0.0151. The van der Waals surface area contributed by atoms with Gasteiger partial charge in [-0.1, -0.05) is 19.3 Å². The number of aryl methyl sites for hydroxylation is 1. The SMILES string of the molecule is O=C(Nc1cc(-c2nnc3n2CCCCC3)ccc1F)[C@@H]1C[C@@H]2CCCC[C@@H]2N1C(=O)c1ccc(F)cc1F. The van der Waals surface area contributed by atoms with Crippen molar-refractivity contribution in [1.29, 1.82) is 0 Å². The lowest BCUT2D eigenvalue weighted by Crippen LogP contribution is -2.48. The number of benzene rings is 2. The van der Waals surface area contributed by atoms with E-state index in [4.69, 9.17) is 0 Å². The summed E-state index contributed by atoms with van der Waals surface area (Å²) in [5, 5.41) is 11.3. The van der Waals surface area contributed by atoms with Crippen LogP contribution in [0.3, 0.4) is 0 Å². The van der Waals surface area contributed by atoms with E-state index in [1.54, 1.807) is 12.1 Å². The minimum Gasteiger partial charge on any atom is -0.323 e. The fourth-order valence-corrected chi connectivity index (χ4v) is 6.46. The van der Waals surface area contributed by atoms with Gasteiger partial charge in [-0.15, -0.1) is 10.2 Å². The molecule has 0 radical (unpaired) electrons. The third kappa shape index (κ3) is 4.81. The maximum atomic E-state index is 14.9. The van der Waals surface area contributed by atoms with Crippen LogP contribution in [-0.2, 0) is 17.8 Å². The molecule has 3 aliphatic rings. The van der Waals surface area contributed by atoms with Crippen LogP contribution in [0.1, 0.15) is 67.5 Å². The molecule has 0 spiro atoms. The molecule has 6 rings (SSSR count). The van der Waals surface area contributed by atoms with Crippen LogP contribution in [0.5, 0.6) is 0 Å². The molecule has 2 aliphatic heterocycles. The molecule has 39 heavy (non-hydrogen) atoms. The summed E-state index contributed by atoms with van der Waals surface area (Å²) in [6.07, 6.45) is 7.83. The largest absolute Gasteiger partial charge is 0.323 e. The second kappa shape index (κ2) is 10.5. The van der Waals surface area contributed by atoms with E-state index < -0.39 is 35.3 Å². The second-order valence-corrected chi connectivity index (χ2v) is 10.8. The molecule has 3 aromatic rings. The number of halogens is 3. The molecule has 0 bridgehead atoms. The summed E-state index contributed by atoms with van der Waals surface area (Å²) in [5.74, 6) is -1.94. The molecule has 2 fully saturated rings. The van der Waals surface area contributed by atoms with E-state index in [1.165, 1.54) is 11.0 Å². The zero-order valence-corrected chi connectivity index (χ0v) is 21.5. The van der Waals surface area contributed by atoms with Crippen LogP contribution < -0.4 is 5.32 Å². The van der Waals surface area contributed by atoms with Gasteiger partial charge in [0.1, 0.15) is 29.3 Å². The van der Waals surface area contributed by atoms with Crippen LogP contribution in [0.15, 0.2) is 36.4 Å². The molecule has 10 heteroatoms. The predicted octanol–water partition coefficient (Wildman–Crippen LogP) is 5.50. The lowest BCUT2D eigenvalue weighted by Gasteiger charge is -2.33. The molecule has 204 valence electrons. The number of aromatic nitrogens is 3. The third-order valence-electron chi connectivity index (χ3n) is 8.38. The normalized spacial score (nSPS) is 22.6. The highest BCUT2D eigenvalue weighted by molar-refractivity contribution is 6.02. The van der Waals surface area contributed by atoms with Crippen LogP contribution in [0, 0.1) is 23.4 Å². The fourth-order valence-electron chi connectivity index (χ4n) is 6.46. The first-order valence-electron chi connectivity index (χ1n) is 13.7. The molecule has 1 aromatic heterocycles. The topological polar surface area (TPSA) is 80.1 Å². The summed E-state index contributed by atoms with van der Waals surface area (Å²) in [5.41, 5.74) is 0.341. The summed E-state index contributed by atoms with van der Waals surface area (Å²) in [7, 11) is 0. The fraction of sp³-hybridized carbons (Fsp3) is 0.448. The molecule has 1 saturated carbocycles. The molecule has 3 atom stereocenters. The highest BCUT2D eigenvalue weighted by Gasteiger charge is 2.48. The van der Waals surface area contributed by atoms with Gasteiger partial charge in [0.15, 0.2) is 5.82 Å². The third-order valence-corrected chi connectivity index (χ3v) is 8.38. The molecule has 7 nitrogen and oxygen atoms in total. The van der Waals surface area contributed by atoms with Gasteiger partial charge in [0.25, 0.3) is 5.91 Å². The monoisotopic (exact) mass is 537 g/mol. The number of hydrogen-bond donors (Lipinski definition) is 1. The highest BCUT2D eigenvalue weighted by atomic mass is 19.1. The van der Waals surface area contributed by atoms with E-state index in [0.29, 0.717) is 30.3 Å². The Kier molecular flexibility index (Phi) is 6.86.